The third-order valence-corrected chi connectivity index (χ3v) is 19.0. The van der Waals surface area contributed by atoms with Gasteiger partial charge in [0.1, 0.15) is 12.4 Å². The maximum absolute atomic E-state index is 15.1. The lowest BCUT2D eigenvalue weighted by Crippen LogP contribution is -2.69. The average molecular weight is 849 g/mol. The third-order valence-electron chi connectivity index (χ3n) is 19.0. The zero-order chi connectivity index (χ0) is 44.5. The fourth-order valence-corrected chi connectivity index (χ4v) is 14.2. The van der Waals surface area contributed by atoms with E-state index in [1.807, 2.05) is 42.9 Å². The number of ether oxygens (including phenoxy) is 4. The van der Waals surface area contributed by atoms with Gasteiger partial charge in [0.2, 0.25) is 0 Å². The van der Waals surface area contributed by atoms with Crippen LogP contribution in [0.5, 0.6) is 5.75 Å². The van der Waals surface area contributed by atoms with Crippen LogP contribution in [0, 0.1) is 62.6 Å². The number of methoxy groups -OCH3 is 1. The number of allylic oxidation sites excluding steroid dienone is 1. The van der Waals surface area contributed by atoms with Crippen molar-refractivity contribution in [3.8, 4) is 17.0 Å². The molecule has 3 aromatic rings. The van der Waals surface area contributed by atoms with Gasteiger partial charge in [0, 0.05) is 40.5 Å². The number of esters is 1. The second-order valence-corrected chi connectivity index (χ2v) is 22.2. The molecule has 3 heterocycles. The Kier molecular flexibility index (Phi) is 12.0. The van der Waals surface area contributed by atoms with Gasteiger partial charge in [-0.1, -0.05) is 86.1 Å². The molecule has 1 saturated heterocycles. The van der Waals surface area contributed by atoms with Gasteiger partial charge in [0.25, 0.3) is 0 Å². The normalized spacial score (nSPS) is 36.7. The molecule has 0 amide bonds. The predicted octanol–water partition coefficient (Wildman–Crippen LogP) is 10.8. The van der Waals surface area contributed by atoms with E-state index >= 15 is 4.79 Å². The first-order chi connectivity index (χ1) is 29.4. The topological polar surface area (TPSA) is 96.7 Å². The van der Waals surface area contributed by atoms with Crippen LogP contribution in [0.3, 0.4) is 0 Å². The summed E-state index contributed by atoms with van der Waals surface area (Å²) in [5, 5.41) is 8.78. The van der Waals surface area contributed by atoms with E-state index in [4.69, 9.17) is 24.0 Å². The number of likely N-dealkylation sites (N-methyl/N-ethyl adjacent to an activating group) is 1. The smallest absolute Gasteiger partial charge is 0.310 e. The van der Waals surface area contributed by atoms with Gasteiger partial charge < -0.3 is 24.3 Å². The fraction of sp³-hybridized carbons (Fsp3) is 0.679. The first-order valence-corrected chi connectivity index (χ1v) is 23.7. The van der Waals surface area contributed by atoms with Crippen LogP contribution in [0.25, 0.3) is 11.3 Å². The van der Waals surface area contributed by atoms with Crippen molar-refractivity contribution >= 4 is 5.97 Å². The fourth-order valence-electron chi connectivity index (χ4n) is 14.2. The second-order valence-electron chi connectivity index (χ2n) is 22.2. The molecule has 4 aliphatic carbocycles. The van der Waals surface area contributed by atoms with Crippen LogP contribution >= 0.6 is 0 Å². The predicted molar refractivity (Wildman–Crippen MR) is 245 cm³/mol. The van der Waals surface area contributed by atoms with Gasteiger partial charge in [-0.05, 0) is 134 Å². The first kappa shape index (κ1) is 45.1. The van der Waals surface area contributed by atoms with Crippen molar-refractivity contribution in [1.82, 2.24) is 20.1 Å². The number of benzene rings is 1. The molecule has 338 valence electrons. The number of rotatable bonds is 13. The number of hydrogen-bond donors (Lipinski definition) is 1. The monoisotopic (exact) mass is 849 g/mol. The van der Waals surface area contributed by atoms with Gasteiger partial charge in [0.05, 0.1) is 50.7 Å². The standard InChI is InChI=1S/C53H76N4O5/c1-34(2)36(5)48(6)24-25-50(8)40-17-18-44-49(7)31-60-33-53(44,41(40)19-23-51(50,9)45(48)47(58)61-30-37-13-15-39(59-12)16-14-37)29-43(46(49)62-32-52(10,54-11)35(3)4)57-42(22-28-56-57)38-20-26-55-27-21-38/h13-16,19-22,26-28,34-36,40,43-46,54H,17-18,23-25,29-33H2,1-12H3/t36-,40+,43-,44+,45-,46+,48-,49?,50-,51+,52+,53+/m1/s1. The van der Waals surface area contributed by atoms with Crippen molar-refractivity contribution in [2.45, 2.75) is 132 Å². The molecule has 0 radical (unpaired) electrons. The Hall–Kier alpha value is -3.53. The highest BCUT2D eigenvalue weighted by Gasteiger charge is 2.72. The molecule has 12 atom stereocenters. The summed E-state index contributed by atoms with van der Waals surface area (Å²) >= 11 is 0. The molecule has 5 aliphatic rings. The number of nitrogens with zero attached hydrogens (tertiary/aromatic N) is 3. The van der Waals surface area contributed by atoms with E-state index in [9.17, 15) is 0 Å². The summed E-state index contributed by atoms with van der Waals surface area (Å²) < 4.78 is 28.5. The summed E-state index contributed by atoms with van der Waals surface area (Å²) in [4.78, 5) is 19.4. The molecule has 8 rings (SSSR count). The summed E-state index contributed by atoms with van der Waals surface area (Å²) in [6.07, 6.45) is 14.2. The molecule has 62 heavy (non-hydrogen) atoms. The zero-order valence-electron chi connectivity index (χ0n) is 39.9. The number of pyridine rings is 1. The molecular formula is C53H76N4O5. The van der Waals surface area contributed by atoms with Crippen LogP contribution in [-0.4, -0.2) is 66.4 Å². The highest BCUT2D eigenvalue weighted by molar-refractivity contribution is 5.75. The van der Waals surface area contributed by atoms with Gasteiger partial charge in [-0.2, -0.15) is 5.10 Å². The van der Waals surface area contributed by atoms with E-state index in [0.717, 1.165) is 61.1 Å². The largest absolute Gasteiger partial charge is 0.497 e. The zero-order valence-corrected chi connectivity index (χ0v) is 39.9. The number of fused-ring (bicyclic) bond motifs is 3. The minimum absolute atomic E-state index is 0.0189. The maximum atomic E-state index is 15.1. The van der Waals surface area contributed by atoms with E-state index in [-0.39, 0.29) is 63.3 Å². The Morgan fingerprint density at radius 2 is 1.68 bits per heavy atom. The highest BCUT2D eigenvalue weighted by Crippen LogP contribution is 2.75. The van der Waals surface area contributed by atoms with Crippen LogP contribution < -0.4 is 10.1 Å². The van der Waals surface area contributed by atoms with Crippen LogP contribution in [0.2, 0.25) is 0 Å². The molecule has 3 saturated carbocycles. The van der Waals surface area contributed by atoms with Crippen molar-refractivity contribution in [3.05, 3.63) is 78.3 Å². The average Bonchev–Trinajstić information content (AvgIpc) is 3.75. The molecule has 1 aliphatic heterocycles. The van der Waals surface area contributed by atoms with E-state index in [1.165, 1.54) is 0 Å². The third kappa shape index (κ3) is 6.92. The molecule has 9 heteroatoms. The number of nitrogens with one attached hydrogen (secondary N) is 1. The molecule has 2 aromatic heterocycles. The molecular weight excluding hydrogens is 773 g/mol. The van der Waals surface area contributed by atoms with Gasteiger partial charge in [-0.25, -0.2) is 0 Å². The summed E-state index contributed by atoms with van der Waals surface area (Å²) in [6, 6.07) is 14.2. The quantitative estimate of drug-likeness (QED) is 0.134. The Morgan fingerprint density at radius 3 is 2.34 bits per heavy atom. The molecule has 1 aromatic carbocycles. The molecule has 0 spiro atoms. The molecule has 1 N–H and O–H groups in total. The first-order valence-electron chi connectivity index (χ1n) is 23.7. The van der Waals surface area contributed by atoms with E-state index in [2.05, 4.69) is 116 Å². The van der Waals surface area contributed by atoms with Crippen LogP contribution in [0.15, 0.2) is 72.7 Å². The van der Waals surface area contributed by atoms with Crippen molar-refractivity contribution < 1.29 is 23.7 Å². The van der Waals surface area contributed by atoms with Crippen LogP contribution in [-0.2, 0) is 25.6 Å². The van der Waals surface area contributed by atoms with E-state index < -0.39 is 0 Å². The van der Waals surface area contributed by atoms with Gasteiger partial charge >= 0.3 is 5.97 Å². The molecule has 4 fully saturated rings. The minimum Gasteiger partial charge on any atom is -0.497 e. The lowest BCUT2D eigenvalue weighted by Gasteiger charge is -2.71. The maximum Gasteiger partial charge on any atom is 0.310 e. The lowest BCUT2D eigenvalue weighted by atomic mass is 9.34. The van der Waals surface area contributed by atoms with Crippen molar-refractivity contribution in [1.29, 1.82) is 0 Å². The summed E-state index contributed by atoms with van der Waals surface area (Å²) in [5.74, 6) is 2.37. The Bertz CT molecular complexity index is 2100. The second kappa shape index (κ2) is 16.5. The van der Waals surface area contributed by atoms with Gasteiger partial charge in [-0.3, -0.25) is 14.5 Å². The van der Waals surface area contributed by atoms with E-state index in [0.29, 0.717) is 49.4 Å². The van der Waals surface area contributed by atoms with Crippen LogP contribution in [0.4, 0.5) is 0 Å². The number of aromatic nitrogens is 3. The summed E-state index contributed by atoms with van der Waals surface area (Å²) in [5.41, 5.74) is 3.48. The SMILES string of the molecule is CN[C@@](C)(CO[C@H]1[C@H](n2nccc2-c2ccncc2)C[C@@]23COCC1(C)[C@@H]2CC[C@H]1C3=CC[C@@]2(C)[C@H](C(=O)OCc3ccc(OC)cc3)[C@@](C)([C@H](C)C(C)C)CC[C@]12C)C(C)C. The number of hydrogen-bond acceptors (Lipinski definition) is 8. The van der Waals surface area contributed by atoms with Gasteiger partial charge in [0.15, 0.2) is 0 Å². The van der Waals surface area contributed by atoms with Crippen molar-refractivity contribution in [2.24, 2.45) is 62.6 Å². The molecule has 2 bridgehead atoms. The van der Waals surface area contributed by atoms with Crippen molar-refractivity contribution in [3.63, 3.8) is 0 Å². The minimum atomic E-state index is -0.304. The lowest BCUT2D eigenvalue weighted by molar-refractivity contribution is -0.253. The number of carbonyl (C=O) groups excluding carboxylic acids is 1. The highest BCUT2D eigenvalue weighted by atomic mass is 16.5. The molecule has 9 nitrogen and oxygen atoms in total. The van der Waals surface area contributed by atoms with Crippen molar-refractivity contribution in [2.75, 3.05) is 34.0 Å². The van der Waals surface area contributed by atoms with Crippen LogP contribution in [0.1, 0.15) is 119 Å². The summed E-state index contributed by atoms with van der Waals surface area (Å²) in [7, 11) is 3.73. The Balaban J connectivity index is 1.21. The number of carbonyl (C=O) groups is 1. The summed E-state index contributed by atoms with van der Waals surface area (Å²) in [6.45, 7) is 26.0. The molecule has 1 unspecified atom stereocenters. The van der Waals surface area contributed by atoms with E-state index in [1.54, 1.807) is 12.7 Å². The van der Waals surface area contributed by atoms with Gasteiger partial charge in [-0.15, -0.1) is 0 Å². The Morgan fingerprint density at radius 1 is 0.952 bits per heavy atom. The Labute approximate surface area is 372 Å².